The fourth-order valence-corrected chi connectivity index (χ4v) is 3.57. The Morgan fingerprint density at radius 3 is 2.63 bits per heavy atom. The number of methoxy groups -OCH3 is 2. The number of hydrogen-bond acceptors (Lipinski definition) is 7. The Kier molecular flexibility index (Phi) is 7.73. The van der Waals surface area contributed by atoms with E-state index in [2.05, 4.69) is 20.7 Å². The molecular formula is C18H20BrNO6S. The van der Waals surface area contributed by atoms with Crippen LogP contribution in [0.5, 0.6) is 11.5 Å². The van der Waals surface area contributed by atoms with Gasteiger partial charge in [-0.05, 0) is 42.0 Å². The summed E-state index contributed by atoms with van der Waals surface area (Å²) in [4.78, 5) is 37.4. The van der Waals surface area contributed by atoms with E-state index in [1.54, 1.807) is 18.2 Å². The van der Waals surface area contributed by atoms with Gasteiger partial charge in [0.1, 0.15) is 0 Å². The van der Waals surface area contributed by atoms with Crippen molar-refractivity contribution in [1.29, 1.82) is 0 Å². The molecule has 7 nitrogen and oxygen atoms in total. The smallest absolute Gasteiger partial charge is 0.343 e. The van der Waals surface area contributed by atoms with Gasteiger partial charge in [-0.1, -0.05) is 29.3 Å². The number of ether oxygens (including phenoxy) is 3. The molecule has 27 heavy (non-hydrogen) atoms. The molecule has 1 aromatic rings. The molecule has 0 atom stereocenters. The highest BCUT2D eigenvalue weighted by molar-refractivity contribution is 9.10. The van der Waals surface area contributed by atoms with Crippen LogP contribution >= 0.6 is 27.7 Å². The van der Waals surface area contributed by atoms with Gasteiger partial charge >= 0.3 is 5.97 Å². The standard InChI is InChI=1S/C18H20BrNO6S/c1-4-5-6-20-17(22)15(27-18(20)23)8-11-7-13(24-2)14(9-12(11)19)26-10-16(21)25-3/h7-9H,4-6,10H2,1-3H3/b15-8-. The molecule has 0 spiro atoms. The van der Waals surface area contributed by atoms with Crippen molar-refractivity contribution < 1.29 is 28.6 Å². The second kappa shape index (κ2) is 9.80. The SMILES string of the molecule is CCCCN1C(=O)S/C(=C\c2cc(OC)c(OCC(=O)OC)cc2Br)C1=O. The third-order valence-corrected chi connectivity index (χ3v) is 5.35. The molecule has 9 heteroatoms. The molecule has 2 amide bonds. The Balaban J connectivity index is 2.26. The molecule has 0 bridgehead atoms. The molecule has 146 valence electrons. The van der Waals surface area contributed by atoms with E-state index in [9.17, 15) is 14.4 Å². The third kappa shape index (κ3) is 5.26. The van der Waals surface area contributed by atoms with E-state index < -0.39 is 5.97 Å². The maximum Gasteiger partial charge on any atom is 0.343 e. The number of nitrogens with zero attached hydrogens (tertiary/aromatic N) is 1. The number of imide groups is 1. The quantitative estimate of drug-likeness (QED) is 0.432. The van der Waals surface area contributed by atoms with E-state index in [0.717, 1.165) is 24.6 Å². The summed E-state index contributed by atoms with van der Waals surface area (Å²) >= 11 is 4.33. The number of thioether (sulfide) groups is 1. The van der Waals surface area contributed by atoms with Crippen LogP contribution in [0, 0.1) is 0 Å². The number of amides is 2. The van der Waals surface area contributed by atoms with Gasteiger partial charge in [-0.15, -0.1) is 0 Å². The van der Waals surface area contributed by atoms with Crippen LogP contribution in [0.4, 0.5) is 4.79 Å². The summed E-state index contributed by atoms with van der Waals surface area (Å²) in [5, 5.41) is -0.263. The summed E-state index contributed by atoms with van der Waals surface area (Å²) in [6.07, 6.45) is 3.30. The van der Waals surface area contributed by atoms with E-state index in [4.69, 9.17) is 9.47 Å². The number of carbonyl (C=O) groups excluding carboxylic acids is 3. The average molecular weight is 458 g/mol. The number of benzene rings is 1. The molecule has 0 N–H and O–H groups in total. The highest BCUT2D eigenvalue weighted by Gasteiger charge is 2.34. The number of hydrogen-bond donors (Lipinski definition) is 0. The Morgan fingerprint density at radius 2 is 2.00 bits per heavy atom. The third-order valence-electron chi connectivity index (χ3n) is 3.75. The highest BCUT2D eigenvalue weighted by Crippen LogP contribution is 2.38. The molecule has 0 saturated carbocycles. The molecule has 1 fully saturated rings. The van der Waals surface area contributed by atoms with Gasteiger partial charge in [0.25, 0.3) is 11.1 Å². The maximum absolute atomic E-state index is 12.5. The van der Waals surface area contributed by atoms with Gasteiger partial charge in [-0.2, -0.15) is 0 Å². The molecule has 0 aliphatic carbocycles. The first kappa shape index (κ1) is 21.3. The molecule has 0 radical (unpaired) electrons. The zero-order valence-electron chi connectivity index (χ0n) is 15.2. The summed E-state index contributed by atoms with van der Waals surface area (Å²) in [5.41, 5.74) is 0.651. The van der Waals surface area contributed by atoms with E-state index >= 15 is 0 Å². The lowest BCUT2D eigenvalue weighted by atomic mass is 10.1. The van der Waals surface area contributed by atoms with Crippen LogP contribution in [-0.2, 0) is 14.3 Å². The number of rotatable bonds is 8. The predicted octanol–water partition coefficient (Wildman–Crippen LogP) is 3.85. The molecular weight excluding hydrogens is 438 g/mol. The highest BCUT2D eigenvalue weighted by atomic mass is 79.9. The fraction of sp³-hybridized carbons (Fsp3) is 0.389. The van der Waals surface area contributed by atoms with Crippen LogP contribution < -0.4 is 9.47 Å². The van der Waals surface area contributed by atoms with Crippen LogP contribution in [0.2, 0.25) is 0 Å². The van der Waals surface area contributed by atoms with Crippen molar-refractivity contribution in [2.75, 3.05) is 27.4 Å². The van der Waals surface area contributed by atoms with E-state index in [-0.39, 0.29) is 17.8 Å². The molecule has 1 heterocycles. The Hall–Kier alpha value is -2.00. The molecule has 0 unspecified atom stereocenters. The molecule has 1 aliphatic heterocycles. The van der Waals surface area contributed by atoms with Gasteiger partial charge in [-0.3, -0.25) is 14.5 Å². The van der Waals surface area contributed by atoms with Gasteiger partial charge < -0.3 is 14.2 Å². The molecule has 1 saturated heterocycles. The Labute approximate surface area is 170 Å². The number of halogens is 1. The summed E-state index contributed by atoms with van der Waals surface area (Å²) in [6.45, 7) is 2.17. The number of carbonyl (C=O) groups is 3. The molecule has 0 aromatic heterocycles. The first-order valence-corrected chi connectivity index (χ1v) is 9.84. The minimum absolute atomic E-state index is 0.255. The van der Waals surface area contributed by atoms with Crippen LogP contribution in [-0.4, -0.2) is 49.4 Å². The monoisotopic (exact) mass is 457 g/mol. The van der Waals surface area contributed by atoms with Gasteiger partial charge in [0.05, 0.1) is 19.1 Å². The van der Waals surface area contributed by atoms with Crippen molar-refractivity contribution in [3.63, 3.8) is 0 Å². The maximum atomic E-state index is 12.5. The van der Waals surface area contributed by atoms with Crippen molar-refractivity contribution in [3.05, 3.63) is 27.1 Å². The topological polar surface area (TPSA) is 82.1 Å². The van der Waals surface area contributed by atoms with E-state index in [0.29, 0.717) is 33.0 Å². The zero-order valence-corrected chi connectivity index (χ0v) is 17.6. The first-order chi connectivity index (χ1) is 12.9. The Bertz CT molecular complexity index is 779. The molecule has 1 aromatic carbocycles. The van der Waals surface area contributed by atoms with Crippen LogP contribution in [0.3, 0.4) is 0 Å². The normalized spacial score (nSPS) is 15.4. The molecule has 2 rings (SSSR count). The minimum Gasteiger partial charge on any atom is -0.493 e. The zero-order chi connectivity index (χ0) is 20.0. The predicted molar refractivity (Wildman–Crippen MR) is 106 cm³/mol. The van der Waals surface area contributed by atoms with Crippen molar-refractivity contribution in [3.8, 4) is 11.5 Å². The van der Waals surface area contributed by atoms with Gasteiger partial charge in [0.15, 0.2) is 18.1 Å². The first-order valence-electron chi connectivity index (χ1n) is 8.23. The second-order valence-corrected chi connectivity index (χ2v) is 7.42. The lowest BCUT2D eigenvalue weighted by Crippen LogP contribution is -2.29. The second-order valence-electron chi connectivity index (χ2n) is 5.58. The summed E-state index contributed by atoms with van der Waals surface area (Å²) < 4.78 is 15.9. The average Bonchev–Trinajstić information content (AvgIpc) is 2.92. The molecule has 1 aliphatic rings. The van der Waals surface area contributed by atoms with Crippen molar-refractivity contribution in [2.24, 2.45) is 0 Å². The van der Waals surface area contributed by atoms with Crippen molar-refractivity contribution in [2.45, 2.75) is 19.8 Å². The van der Waals surface area contributed by atoms with Crippen molar-refractivity contribution >= 4 is 50.9 Å². The number of unbranched alkanes of at least 4 members (excludes halogenated alkanes) is 1. The van der Waals surface area contributed by atoms with Gasteiger partial charge in [-0.25, -0.2) is 4.79 Å². The lowest BCUT2D eigenvalue weighted by Gasteiger charge is -2.12. The van der Waals surface area contributed by atoms with Gasteiger partial charge in [0.2, 0.25) is 0 Å². The summed E-state index contributed by atoms with van der Waals surface area (Å²) in [5.74, 6) is -0.0742. The van der Waals surface area contributed by atoms with E-state index in [1.165, 1.54) is 19.1 Å². The summed E-state index contributed by atoms with van der Waals surface area (Å²) in [6, 6.07) is 3.30. The minimum atomic E-state index is -0.516. The fourth-order valence-electron chi connectivity index (χ4n) is 2.28. The van der Waals surface area contributed by atoms with Crippen LogP contribution in [0.15, 0.2) is 21.5 Å². The largest absolute Gasteiger partial charge is 0.493 e. The summed E-state index contributed by atoms with van der Waals surface area (Å²) in [7, 11) is 2.74. The van der Waals surface area contributed by atoms with E-state index in [1.807, 2.05) is 6.92 Å². The van der Waals surface area contributed by atoms with Gasteiger partial charge in [0, 0.05) is 11.0 Å². The lowest BCUT2D eigenvalue weighted by molar-refractivity contribution is -0.142. The van der Waals surface area contributed by atoms with Crippen molar-refractivity contribution in [1.82, 2.24) is 4.90 Å². The Morgan fingerprint density at radius 1 is 1.26 bits per heavy atom. The number of esters is 1. The van der Waals surface area contributed by atoms with Crippen LogP contribution in [0.1, 0.15) is 25.3 Å². The van der Waals surface area contributed by atoms with Crippen LogP contribution in [0.25, 0.3) is 6.08 Å².